The van der Waals surface area contributed by atoms with E-state index in [4.69, 9.17) is 14.3 Å². The SMILES string of the molecule is Cc1c(Cc2ccc(F)c(NS(N)(=O)=O)c2)c(=O)oc2cc(OC(=O)N(C)C)ccc12. The number of ether oxygens (including phenoxy) is 1. The Morgan fingerprint density at radius 1 is 1.23 bits per heavy atom. The topological polar surface area (TPSA) is 132 Å². The summed E-state index contributed by atoms with van der Waals surface area (Å²) >= 11 is 0. The van der Waals surface area contributed by atoms with Crippen molar-refractivity contribution in [2.45, 2.75) is 13.3 Å². The molecule has 2 aromatic carbocycles. The van der Waals surface area contributed by atoms with Gasteiger partial charge < -0.3 is 14.1 Å². The third-order valence-electron chi connectivity index (χ3n) is 4.49. The smallest absolute Gasteiger partial charge is 0.414 e. The summed E-state index contributed by atoms with van der Waals surface area (Å²) in [4.78, 5) is 25.6. The minimum Gasteiger partial charge on any atom is -0.422 e. The Hall–Kier alpha value is -3.44. The van der Waals surface area contributed by atoms with Crippen molar-refractivity contribution < 1.29 is 26.8 Å². The molecule has 164 valence electrons. The van der Waals surface area contributed by atoms with Crippen LogP contribution in [0.15, 0.2) is 45.6 Å². The first kappa shape index (κ1) is 22.2. The van der Waals surface area contributed by atoms with E-state index in [2.05, 4.69) is 0 Å². The summed E-state index contributed by atoms with van der Waals surface area (Å²) in [5.41, 5.74) is 0.715. The molecule has 0 unspecified atom stereocenters. The molecule has 1 heterocycles. The van der Waals surface area contributed by atoms with E-state index in [1.54, 1.807) is 33.2 Å². The summed E-state index contributed by atoms with van der Waals surface area (Å²) in [6.07, 6.45) is -0.503. The van der Waals surface area contributed by atoms with E-state index in [0.29, 0.717) is 22.1 Å². The Morgan fingerprint density at radius 3 is 2.58 bits per heavy atom. The average molecular weight is 449 g/mol. The first-order valence-corrected chi connectivity index (χ1v) is 10.5. The molecular weight excluding hydrogens is 429 g/mol. The number of rotatable bonds is 5. The number of aryl methyl sites for hydroxylation is 1. The van der Waals surface area contributed by atoms with E-state index in [1.165, 1.54) is 23.1 Å². The molecule has 0 saturated heterocycles. The highest BCUT2D eigenvalue weighted by molar-refractivity contribution is 7.90. The zero-order valence-corrected chi connectivity index (χ0v) is 17.7. The summed E-state index contributed by atoms with van der Waals surface area (Å²) in [5, 5.41) is 5.53. The second-order valence-corrected chi connectivity index (χ2v) is 8.35. The molecule has 11 heteroatoms. The molecule has 1 aromatic heterocycles. The molecule has 0 fully saturated rings. The van der Waals surface area contributed by atoms with Gasteiger partial charge in [0, 0.05) is 37.5 Å². The maximum absolute atomic E-state index is 13.9. The van der Waals surface area contributed by atoms with Crippen molar-refractivity contribution in [3.05, 3.63) is 69.3 Å². The van der Waals surface area contributed by atoms with Gasteiger partial charge in [0.05, 0.1) is 5.69 Å². The molecule has 0 saturated carbocycles. The van der Waals surface area contributed by atoms with Crippen molar-refractivity contribution in [1.82, 2.24) is 4.90 Å². The Labute approximate surface area is 177 Å². The predicted molar refractivity (Wildman–Crippen MR) is 113 cm³/mol. The average Bonchev–Trinajstić information content (AvgIpc) is 2.66. The van der Waals surface area contributed by atoms with E-state index in [0.717, 1.165) is 6.07 Å². The molecule has 0 bridgehead atoms. The van der Waals surface area contributed by atoms with Gasteiger partial charge in [-0.1, -0.05) is 6.07 Å². The van der Waals surface area contributed by atoms with Crippen LogP contribution in [0, 0.1) is 12.7 Å². The van der Waals surface area contributed by atoms with E-state index in [-0.39, 0.29) is 23.4 Å². The lowest BCUT2D eigenvalue weighted by atomic mass is 9.99. The Kier molecular flexibility index (Phi) is 6.00. The summed E-state index contributed by atoms with van der Waals surface area (Å²) in [5.74, 6) is -0.585. The fourth-order valence-corrected chi connectivity index (χ4v) is 3.42. The molecule has 0 aliphatic rings. The molecule has 3 rings (SSSR count). The molecule has 0 aliphatic heterocycles. The number of amides is 1. The van der Waals surface area contributed by atoms with E-state index >= 15 is 0 Å². The quantitative estimate of drug-likeness (QED) is 0.575. The molecule has 0 radical (unpaired) electrons. The fraction of sp³-hybridized carbons (Fsp3) is 0.200. The van der Waals surface area contributed by atoms with Crippen LogP contribution in [0.25, 0.3) is 11.0 Å². The molecule has 31 heavy (non-hydrogen) atoms. The van der Waals surface area contributed by atoms with Crippen LogP contribution < -0.4 is 20.2 Å². The first-order valence-electron chi connectivity index (χ1n) is 8.99. The number of hydrogen-bond donors (Lipinski definition) is 2. The van der Waals surface area contributed by atoms with Crippen LogP contribution in [0.4, 0.5) is 14.9 Å². The Balaban J connectivity index is 1.97. The van der Waals surface area contributed by atoms with E-state index in [9.17, 15) is 22.4 Å². The standard InChI is InChI=1S/C20H20FN3O6S/c1-11-14-6-5-13(29-20(26)24(2)3)10-18(14)30-19(25)15(11)8-12-4-7-16(21)17(9-12)23-31(22,27)28/h4-7,9-10,23H,8H2,1-3H3,(H2,22,27,28). The Bertz CT molecular complexity index is 1330. The van der Waals surface area contributed by atoms with Crippen LogP contribution >= 0.6 is 0 Å². The number of hydrogen-bond acceptors (Lipinski definition) is 6. The number of nitrogens with two attached hydrogens (primary N) is 1. The maximum atomic E-state index is 13.9. The Morgan fingerprint density at radius 2 is 1.94 bits per heavy atom. The van der Waals surface area contributed by atoms with Crippen molar-refractivity contribution in [1.29, 1.82) is 0 Å². The van der Waals surface area contributed by atoms with Crippen LogP contribution in [0.5, 0.6) is 5.75 Å². The highest BCUT2D eigenvalue weighted by atomic mass is 32.2. The monoisotopic (exact) mass is 449 g/mol. The van der Waals surface area contributed by atoms with Gasteiger partial charge in [0.2, 0.25) is 0 Å². The summed E-state index contributed by atoms with van der Waals surface area (Å²) < 4.78 is 48.8. The number of carbonyl (C=O) groups excluding carboxylic acids is 1. The van der Waals surface area contributed by atoms with Gasteiger partial charge in [0.1, 0.15) is 17.1 Å². The highest BCUT2D eigenvalue weighted by Crippen LogP contribution is 2.26. The normalized spacial score (nSPS) is 11.4. The molecular formula is C20H20FN3O6S. The largest absolute Gasteiger partial charge is 0.422 e. The summed E-state index contributed by atoms with van der Waals surface area (Å²) in [7, 11) is -1.08. The van der Waals surface area contributed by atoms with Gasteiger partial charge in [-0.15, -0.1) is 0 Å². The molecule has 0 aliphatic carbocycles. The molecule has 3 N–H and O–H groups in total. The van der Waals surface area contributed by atoms with Gasteiger partial charge in [-0.3, -0.25) is 4.72 Å². The molecule has 1 amide bonds. The number of nitrogens with zero attached hydrogens (tertiary/aromatic N) is 1. The lowest BCUT2D eigenvalue weighted by Gasteiger charge is -2.12. The third-order valence-corrected chi connectivity index (χ3v) is 5.00. The highest BCUT2D eigenvalue weighted by Gasteiger charge is 2.16. The van der Waals surface area contributed by atoms with Crippen LogP contribution in [-0.4, -0.2) is 33.5 Å². The molecule has 0 spiro atoms. The number of nitrogens with one attached hydrogen (secondary N) is 1. The number of anilines is 1. The summed E-state index contributed by atoms with van der Waals surface area (Å²) in [6.45, 7) is 1.73. The van der Waals surface area contributed by atoms with Crippen molar-refractivity contribution in [3.63, 3.8) is 0 Å². The predicted octanol–water partition coefficient (Wildman–Crippen LogP) is 2.51. The second kappa shape index (κ2) is 8.36. The summed E-state index contributed by atoms with van der Waals surface area (Å²) in [6, 6.07) is 8.44. The van der Waals surface area contributed by atoms with E-state index in [1.807, 2.05) is 4.72 Å². The number of benzene rings is 2. The van der Waals surface area contributed by atoms with Crippen molar-refractivity contribution in [2.24, 2.45) is 5.14 Å². The van der Waals surface area contributed by atoms with Gasteiger partial charge in [-0.2, -0.15) is 8.42 Å². The molecule has 3 aromatic rings. The molecule has 9 nitrogen and oxygen atoms in total. The zero-order chi connectivity index (χ0) is 22.9. The van der Waals surface area contributed by atoms with Gasteiger partial charge >= 0.3 is 11.7 Å². The fourth-order valence-electron chi connectivity index (χ4n) is 2.95. The van der Waals surface area contributed by atoms with Gasteiger partial charge in [-0.25, -0.2) is 19.1 Å². The number of halogens is 1. The van der Waals surface area contributed by atoms with Crippen molar-refractivity contribution >= 4 is 33.0 Å². The van der Waals surface area contributed by atoms with Crippen LogP contribution in [0.3, 0.4) is 0 Å². The number of fused-ring (bicyclic) bond motifs is 1. The van der Waals surface area contributed by atoms with Crippen LogP contribution in [0.2, 0.25) is 0 Å². The van der Waals surface area contributed by atoms with Crippen molar-refractivity contribution in [2.75, 3.05) is 18.8 Å². The van der Waals surface area contributed by atoms with Gasteiger partial charge in [-0.05, 0) is 42.3 Å². The number of carbonyl (C=O) groups is 1. The van der Waals surface area contributed by atoms with E-state index < -0.39 is 27.7 Å². The van der Waals surface area contributed by atoms with Crippen LogP contribution in [0.1, 0.15) is 16.7 Å². The maximum Gasteiger partial charge on any atom is 0.414 e. The molecule has 0 atom stereocenters. The van der Waals surface area contributed by atoms with Gasteiger partial charge in [0.15, 0.2) is 0 Å². The van der Waals surface area contributed by atoms with Crippen LogP contribution in [-0.2, 0) is 16.6 Å². The first-order chi connectivity index (χ1) is 14.4. The lowest BCUT2D eigenvalue weighted by Crippen LogP contribution is -2.25. The lowest BCUT2D eigenvalue weighted by molar-refractivity contribution is 0.172. The van der Waals surface area contributed by atoms with Gasteiger partial charge in [0.25, 0.3) is 10.2 Å². The van der Waals surface area contributed by atoms with Crippen molar-refractivity contribution in [3.8, 4) is 5.75 Å². The minimum absolute atomic E-state index is 0.0705. The third kappa shape index (κ3) is 5.19. The zero-order valence-electron chi connectivity index (χ0n) is 16.9. The minimum atomic E-state index is -4.16. The second-order valence-electron chi connectivity index (χ2n) is 7.05.